The van der Waals surface area contributed by atoms with Gasteiger partial charge in [-0.2, -0.15) is 0 Å². The molecule has 4 aromatic rings. The maximum absolute atomic E-state index is 12.9. The van der Waals surface area contributed by atoms with E-state index in [0.29, 0.717) is 31.0 Å². The number of carbonyl (C=O) groups excluding carboxylic acids is 1. The molecule has 0 bridgehead atoms. The quantitative estimate of drug-likeness (QED) is 0.470. The summed E-state index contributed by atoms with van der Waals surface area (Å²) in [5.41, 5.74) is 3.15. The number of amides is 1. The largest absolute Gasteiger partial charge is 0.451 e. The molecule has 0 atom stereocenters. The van der Waals surface area contributed by atoms with Crippen LogP contribution in [0, 0.1) is 0 Å². The summed E-state index contributed by atoms with van der Waals surface area (Å²) in [6.07, 6.45) is 0.894. The zero-order chi connectivity index (χ0) is 21.4. The van der Waals surface area contributed by atoms with Crippen LogP contribution in [-0.4, -0.2) is 41.9 Å². The summed E-state index contributed by atoms with van der Waals surface area (Å²) in [5, 5.41) is 1.91. The van der Waals surface area contributed by atoms with E-state index in [1.54, 1.807) is 6.07 Å². The van der Waals surface area contributed by atoms with Crippen molar-refractivity contribution in [2.45, 2.75) is 19.9 Å². The highest BCUT2D eigenvalue weighted by Crippen LogP contribution is 2.23. The molecule has 1 aliphatic heterocycles. The third-order valence-corrected chi connectivity index (χ3v) is 5.99. The van der Waals surface area contributed by atoms with E-state index >= 15 is 0 Å². The summed E-state index contributed by atoms with van der Waals surface area (Å²) in [4.78, 5) is 29.0. The van der Waals surface area contributed by atoms with Crippen molar-refractivity contribution < 1.29 is 13.6 Å². The number of carbonyl (C=O) groups is 1. The molecule has 1 saturated heterocycles. The van der Waals surface area contributed by atoms with Crippen LogP contribution in [0.25, 0.3) is 21.9 Å². The molecule has 0 radical (unpaired) electrons. The van der Waals surface area contributed by atoms with E-state index in [-0.39, 0.29) is 11.5 Å². The molecule has 0 N–H and O–H groups in total. The van der Waals surface area contributed by atoms with Gasteiger partial charge in [-0.1, -0.05) is 37.3 Å². The standard InChI is InChI=1S/C25H24N2O4/c1-2-17-7-8-20-19(15-24(28)31-22(20)13-17)16-26-9-11-27(12-10-26)25(29)23-14-18-5-3-4-6-21(18)30-23/h3-8,13-15H,2,9-12,16H2,1H3. The van der Waals surface area contributed by atoms with Gasteiger partial charge >= 0.3 is 5.63 Å². The molecule has 0 aliphatic carbocycles. The third kappa shape index (κ3) is 3.86. The fraction of sp³-hybridized carbons (Fsp3) is 0.280. The first kappa shape index (κ1) is 19.6. The SMILES string of the molecule is CCc1ccc2c(CN3CCN(C(=O)c4cc5ccccc5o4)CC3)cc(=O)oc2c1. The van der Waals surface area contributed by atoms with Crippen LogP contribution in [0.2, 0.25) is 0 Å². The summed E-state index contributed by atoms with van der Waals surface area (Å²) >= 11 is 0. The van der Waals surface area contributed by atoms with Crippen LogP contribution in [0.3, 0.4) is 0 Å². The van der Waals surface area contributed by atoms with Gasteiger partial charge in [-0.3, -0.25) is 9.69 Å². The second kappa shape index (κ2) is 8.04. The average molecular weight is 416 g/mol. The average Bonchev–Trinajstić information content (AvgIpc) is 3.23. The number of furan rings is 1. The van der Waals surface area contributed by atoms with Crippen LogP contribution in [-0.2, 0) is 13.0 Å². The molecule has 2 aromatic carbocycles. The predicted molar refractivity (Wildman–Crippen MR) is 119 cm³/mol. The zero-order valence-corrected chi connectivity index (χ0v) is 17.5. The Kier molecular flexibility index (Phi) is 5.08. The van der Waals surface area contributed by atoms with Crippen molar-refractivity contribution in [2.24, 2.45) is 0 Å². The molecule has 6 nitrogen and oxygen atoms in total. The molecule has 2 aromatic heterocycles. The van der Waals surface area contributed by atoms with Crippen LogP contribution in [0.4, 0.5) is 0 Å². The molecule has 31 heavy (non-hydrogen) atoms. The fourth-order valence-corrected chi connectivity index (χ4v) is 4.22. The Hall–Kier alpha value is -3.38. The van der Waals surface area contributed by atoms with E-state index in [9.17, 15) is 9.59 Å². The van der Waals surface area contributed by atoms with E-state index < -0.39 is 0 Å². The van der Waals surface area contributed by atoms with Crippen molar-refractivity contribution in [3.63, 3.8) is 0 Å². The summed E-state index contributed by atoms with van der Waals surface area (Å²) in [5.74, 6) is 0.307. The summed E-state index contributed by atoms with van der Waals surface area (Å²) in [6, 6.07) is 17.1. The van der Waals surface area contributed by atoms with E-state index in [1.165, 1.54) is 0 Å². The summed E-state index contributed by atoms with van der Waals surface area (Å²) in [6.45, 7) is 5.45. The zero-order valence-electron chi connectivity index (χ0n) is 17.5. The van der Waals surface area contributed by atoms with E-state index in [0.717, 1.165) is 47.0 Å². The Labute approximate surface area is 179 Å². The van der Waals surface area contributed by atoms with Gasteiger partial charge < -0.3 is 13.7 Å². The molecule has 3 heterocycles. The van der Waals surface area contributed by atoms with Gasteiger partial charge in [-0.05, 0) is 35.7 Å². The number of fused-ring (bicyclic) bond motifs is 2. The Balaban J connectivity index is 1.29. The molecule has 1 aliphatic rings. The normalized spacial score (nSPS) is 15.1. The number of benzene rings is 2. The molecule has 1 amide bonds. The van der Waals surface area contributed by atoms with Crippen molar-refractivity contribution in [1.29, 1.82) is 0 Å². The van der Waals surface area contributed by atoms with E-state index in [1.807, 2.05) is 47.4 Å². The Morgan fingerprint density at radius 2 is 1.74 bits per heavy atom. The predicted octanol–water partition coefficient (Wildman–Crippen LogP) is 4.06. The lowest BCUT2D eigenvalue weighted by Crippen LogP contribution is -2.48. The highest BCUT2D eigenvalue weighted by Gasteiger charge is 2.25. The van der Waals surface area contributed by atoms with Crippen LogP contribution < -0.4 is 5.63 Å². The lowest BCUT2D eigenvalue weighted by molar-refractivity contribution is 0.0600. The number of aryl methyl sites for hydroxylation is 1. The second-order valence-corrected chi connectivity index (χ2v) is 7.99. The molecule has 6 heteroatoms. The molecule has 5 rings (SSSR count). The summed E-state index contributed by atoms with van der Waals surface area (Å²) < 4.78 is 11.2. The minimum absolute atomic E-state index is 0.0752. The smallest absolute Gasteiger partial charge is 0.336 e. The first-order valence-electron chi connectivity index (χ1n) is 10.7. The first-order valence-corrected chi connectivity index (χ1v) is 10.7. The van der Waals surface area contributed by atoms with Gasteiger partial charge in [0.15, 0.2) is 5.76 Å². The monoisotopic (exact) mass is 416 g/mol. The van der Waals surface area contributed by atoms with Crippen molar-refractivity contribution in [1.82, 2.24) is 9.80 Å². The van der Waals surface area contributed by atoms with Crippen molar-refractivity contribution in [3.05, 3.63) is 81.9 Å². The van der Waals surface area contributed by atoms with E-state index in [2.05, 4.69) is 17.9 Å². The van der Waals surface area contributed by atoms with Gasteiger partial charge in [0.1, 0.15) is 11.2 Å². The minimum Gasteiger partial charge on any atom is -0.451 e. The van der Waals surface area contributed by atoms with Crippen LogP contribution in [0.5, 0.6) is 0 Å². The Morgan fingerprint density at radius 1 is 0.935 bits per heavy atom. The molecule has 0 saturated carbocycles. The second-order valence-electron chi connectivity index (χ2n) is 7.99. The lowest BCUT2D eigenvalue weighted by atomic mass is 10.1. The number of nitrogens with zero attached hydrogens (tertiary/aromatic N) is 2. The number of hydrogen-bond acceptors (Lipinski definition) is 5. The number of rotatable bonds is 4. The van der Waals surface area contributed by atoms with Crippen molar-refractivity contribution in [3.8, 4) is 0 Å². The highest BCUT2D eigenvalue weighted by molar-refractivity contribution is 5.96. The topological polar surface area (TPSA) is 66.9 Å². The molecular weight excluding hydrogens is 392 g/mol. The number of para-hydroxylation sites is 1. The van der Waals surface area contributed by atoms with Gasteiger partial charge in [0, 0.05) is 49.6 Å². The highest BCUT2D eigenvalue weighted by atomic mass is 16.4. The molecule has 0 unspecified atom stereocenters. The van der Waals surface area contributed by atoms with Crippen LogP contribution >= 0.6 is 0 Å². The number of piperazine rings is 1. The fourth-order valence-electron chi connectivity index (χ4n) is 4.22. The maximum atomic E-state index is 12.9. The van der Waals surface area contributed by atoms with Gasteiger partial charge in [0.2, 0.25) is 0 Å². The maximum Gasteiger partial charge on any atom is 0.336 e. The molecule has 0 spiro atoms. The van der Waals surface area contributed by atoms with E-state index in [4.69, 9.17) is 8.83 Å². The number of hydrogen-bond donors (Lipinski definition) is 0. The molecule has 1 fully saturated rings. The minimum atomic E-state index is -0.325. The lowest BCUT2D eigenvalue weighted by Gasteiger charge is -2.34. The first-order chi connectivity index (χ1) is 15.1. The molecule has 158 valence electrons. The molecular formula is C25H24N2O4. The van der Waals surface area contributed by atoms with Crippen molar-refractivity contribution in [2.75, 3.05) is 26.2 Å². The third-order valence-electron chi connectivity index (χ3n) is 5.99. The van der Waals surface area contributed by atoms with Crippen LogP contribution in [0.15, 0.2) is 68.2 Å². The van der Waals surface area contributed by atoms with Gasteiger partial charge in [0.25, 0.3) is 5.91 Å². The van der Waals surface area contributed by atoms with Crippen LogP contribution in [0.1, 0.15) is 28.6 Å². The van der Waals surface area contributed by atoms with Crippen molar-refractivity contribution >= 4 is 27.8 Å². The Bertz CT molecular complexity index is 1280. The summed E-state index contributed by atoms with van der Waals surface area (Å²) in [7, 11) is 0. The van der Waals surface area contributed by atoms with Gasteiger partial charge in [-0.25, -0.2) is 4.79 Å². The van der Waals surface area contributed by atoms with Gasteiger partial charge in [-0.15, -0.1) is 0 Å². The van der Waals surface area contributed by atoms with Gasteiger partial charge in [0.05, 0.1) is 0 Å². The Morgan fingerprint density at radius 3 is 2.52 bits per heavy atom.